The van der Waals surface area contributed by atoms with Crippen LogP contribution in [-0.2, 0) is 22.6 Å². The number of nitrogens with one attached hydrogen (secondary N) is 1. The maximum absolute atomic E-state index is 11.6. The highest BCUT2D eigenvalue weighted by Gasteiger charge is 2.26. The Balaban J connectivity index is 2.06. The third-order valence-corrected chi connectivity index (χ3v) is 3.15. The SMILES string of the molecule is CC(C(=O)O)C(=O)NC(C)c1nnc2n1CCC2. The van der Waals surface area contributed by atoms with Gasteiger partial charge < -0.3 is 15.0 Å². The normalized spacial score (nSPS) is 17.0. The number of carbonyl (C=O) groups excluding carboxylic acids is 1. The summed E-state index contributed by atoms with van der Waals surface area (Å²) in [5, 5.41) is 19.5. The van der Waals surface area contributed by atoms with Gasteiger partial charge in [-0.1, -0.05) is 0 Å². The number of aromatic nitrogens is 3. The van der Waals surface area contributed by atoms with E-state index in [2.05, 4.69) is 15.5 Å². The Bertz CT molecular complexity index is 483. The summed E-state index contributed by atoms with van der Waals surface area (Å²) in [7, 11) is 0. The molecular weight excluding hydrogens is 236 g/mol. The summed E-state index contributed by atoms with van der Waals surface area (Å²) in [6, 6.07) is -0.335. The van der Waals surface area contributed by atoms with Gasteiger partial charge in [0.1, 0.15) is 11.7 Å². The number of nitrogens with zero attached hydrogens (tertiary/aromatic N) is 3. The minimum atomic E-state index is -1.13. The third-order valence-electron chi connectivity index (χ3n) is 3.15. The molecule has 1 aliphatic heterocycles. The second-order valence-corrected chi connectivity index (χ2v) is 4.52. The molecule has 2 heterocycles. The molecule has 2 unspecified atom stereocenters. The zero-order chi connectivity index (χ0) is 13.3. The fraction of sp³-hybridized carbons (Fsp3) is 0.636. The molecule has 7 heteroatoms. The van der Waals surface area contributed by atoms with Gasteiger partial charge in [0, 0.05) is 13.0 Å². The van der Waals surface area contributed by atoms with Gasteiger partial charge in [0.15, 0.2) is 5.82 Å². The highest BCUT2D eigenvalue weighted by Crippen LogP contribution is 2.19. The number of carbonyl (C=O) groups is 2. The first kappa shape index (κ1) is 12.5. The van der Waals surface area contributed by atoms with Crippen LogP contribution in [0.2, 0.25) is 0 Å². The minimum absolute atomic E-state index is 0.335. The van der Waals surface area contributed by atoms with Crippen molar-refractivity contribution in [3.05, 3.63) is 11.6 Å². The topological polar surface area (TPSA) is 97.1 Å². The Hall–Kier alpha value is -1.92. The number of aryl methyl sites for hydroxylation is 1. The number of rotatable bonds is 4. The summed E-state index contributed by atoms with van der Waals surface area (Å²) < 4.78 is 1.98. The molecule has 2 rings (SSSR count). The first-order valence-corrected chi connectivity index (χ1v) is 5.96. The van der Waals surface area contributed by atoms with Crippen molar-refractivity contribution in [1.82, 2.24) is 20.1 Å². The second kappa shape index (κ2) is 4.75. The number of hydrogen-bond donors (Lipinski definition) is 2. The maximum atomic E-state index is 11.6. The summed E-state index contributed by atoms with van der Waals surface area (Å²) in [6.45, 7) is 3.99. The number of aliphatic carboxylic acids is 1. The van der Waals surface area contributed by atoms with E-state index in [1.807, 2.05) is 4.57 Å². The molecule has 0 fully saturated rings. The van der Waals surface area contributed by atoms with Gasteiger partial charge in [-0.25, -0.2) is 0 Å². The molecule has 0 aliphatic carbocycles. The summed E-state index contributed by atoms with van der Waals surface area (Å²) in [5.74, 6) is -1.09. The molecule has 0 saturated heterocycles. The van der Waals surface area contributed by atoms with Crippen LogP contribution >= 0.6 is 0 Å². The van der Waals surface area contributed by atoms with Crippen molar-refractivity contribution in [2.24, 2.45) is 5.92 Å². The maximum Gasteiger partial charge on any atom is 0.315 e. The van der Waals surface area contributed by atoms with E-state index in [1.54, 1.807) is 6.92 Å². The average Bonchev–Trinajstić information content (AvgIpc) is 2.88. The lowest BCUT2D eigenvalue weighted by Gasteiger charge is -2.15. The van der Waals surface area contributed by atoms with Crippen LogP contribution in [0.25, 0.3) is 0 Å². The van der Waals surface area contributed by atoms with Crippen molar-refractivity contribution >= 4 is 11.9 Å². The van der Waals surface area contributed by atoms with Crippen LogP contribution in [0.1, 0.15) is 38.0 Å². The first-order valence-electron chi connectivity index (χ1n) is 5.96. The van der Waals surface area contributed by atoms with Gasteiger partial charge in [0.2, 0.25) is 5.91 Å². The number of fused-ring (bicyclic) bond motifs is 1. The van der Waals surface area contributed by atoms with Crippen LogP contribution in [0.15, 0.2) is 0 Å². The Morgan fingerprint density at radius 3 is 2.78 bits per heavy atom. The Labute approximate surface area is 104 Å². The van der Waals surface area contributed by atoms with Crippen molar-refractivity contribution in [3.8, 4) is 0 Å². The molecule has 0 bridgehead atoms. The molecule has 1 aromatic rings. The lowest BCUT2D eigenvalue weighted by atomic mass is 10.1. The van der Waals surface area contributed by atoms with Crippen molar-refractivity contribution in [3.63, 3.8) is 0 Å². The van der Waals surface area contributed by atoms with Crippen LogP contribution in [0.4, 0.5) is 0 Å². The second-order valence-electron chi connectivity index (χ2n) is 4.52. The number of carboxylic acids is 1. The smallest absolute Gasteiger partial charge is 0.315 e. The van der Waals surface area contributed by atoms with Gasteiger partial charge >= 0.3 is 5.97 Å². The van der Waals surface area contributed by atoms with Gasteiger partial charge in [-0.15, -0.1) is 10.2 Å². The van der Waals surface area contributed by atoms with Crippen LogP contribution in [-0.4, -0.2) is 31.7 Å². The number of hydrogen-bond acceptors (Lipinski definition) is 4. The monoisotopic (exact) mass is 252 g/mol. The fourth-order valence-electron chi connectivity index (χ4n) is 2.01. The minimum Gasteiger partial charge on any atom is -0.481 e. The van der Waals surface area contributed by atoms with Gasteiger partial charge in [0.25, 0.3) is 0 Å². The third kappa shape index (κ3) is 2.20. The molecule has 0 aromatic carbocycles. The van der Waals surface area contributed by atoms with E-state index < -0.39 is 17.8 Å². The van der Waals surface area contributed by atoms with Crippen LogP contribution in [0.5, 0.6) is 0 Å². The van der Waals surface area contributed by atoms with E-state index in [0.717, 1.165) is 25.2 Å². The molecule has 2 atom stereocenters. The van der Waals surface area contributed by atoms with E-state index in [9.17, 15) is 9.59 Å². The van der Waals surface area contributed by atoms with Gasteiger partial charge in [-0.2, -0.15) is 0 Å². The predicted molar refractivity (Wildman–Crippen MR) is 61.7 cm³/mol. The molecule has 1 aromatic heterocycles. The molecule has 1 amide bonds. The molecule has 18 heavy (non-hydrogen) atoms. The molecule has 98 valence electrons. The standard InChI is InChI=1S/C11H16N4O3/c1-6(11(17)18)10(16)12-7(2)9-14-13-8-4-3-5-15(8)9/h6-7H,3-5H2,1-2H3,(H,12,16)(H,17,18). The predicted octanol–water partition coefficient (Wildman–Crippen LogP) is 0.122. The van der Waals surface area contributed by atoms with Gasteiger partial charge in [-0.3, -0.25) is 9.59 Å². The lowest BCUT2D eigenvalue weighted by Crippen LogP contribution is -2.36. The summed E-state index contributed by atoms with van der Waals surface area (Å²) >= 11 is 0. The van der Waals surface area contributed by atoms with Crippen molar-refractivity contribution in [1.29, 1.82) is 0 Å². The van der Waals surface area contributed by atoms with Gasteiger partial charge in [0.05, 0.1) is 6.04 Å². The largest absolute Gasteiger partial charge is 0.481 e. The van der Waals surface area contributed by atoms with E-state index in [0.29, 0.717) is 5.82 Å². The Morgan fingerprint density at radius 1 is 1.39 bits per heavy atom. The molecule has 0 saturated carbocycles. The summed E-state index contributed by atoms with van der Waals surface area (Å²) in [6.07, 6.45) is 1.93. The first-order chi connectivity index (χ1) is 8.50. The zero-order valence-electron chi connectivity index (χ0n) is 10.4. The van der Waals surface area contributed by atoms with E-state index in [1.165, 1.54) is 6.92 Å². The van der Waals surface area contributed by atoms with Crippen molar-refractivity contribution in [2.45, 2.75) is 39.3 Å². The van der Waals surface area contributed by atoms with Gasteiger partial charge in [-0.05, 0) is 20.3 Å². The molecule has 0 radical (unpaired) electrons. The Morgan fingerprint density at radius 2 is 2.11 bits per heavy atom. The molecule has 7 nitrogen and oxygen atoms in total. The number of amides is 1. The van der Waals surface area contributed by atoms with E-state index in [4.69, 9.17) is 5.11 Å². The number of carboxylic acid groups (broad SMARTS) is 1. The fourth-order valence-corrected chi connectivity index (χ4v) is 2.01. The molecule has 1 aliphatic rings. The average molecular weight is 252 g/mol. The summed E-state index contributed by atoms with van der Waals surface area (Å²) in [5.41, 5.74) is 0. The summed E-state index contributed by atoms with van der Waals surface area (Å²) in [4.78, 5) is 22.3. The molecule has 0 spiro atoms. The van der Waals surface area contributed by atoms with Crippen LogP contribution in [0.3, 0.4) is 0 Å². The zero-order valence-corrected chi connectivity index (χ0v) is 10.4. The quantitative estimate of drug-likeness (QED) is 0.742. The van der Waals surface area contributed by atoms with Crippen LogP contribution in [0, 0.1) is 5.92 Å². The lowest BCUT2D eigenvalue weighted by molar-refractivity contribution is -0.146. The highest BCUT2D eigenvalue weighted by molar-refractivity contribution is 5.96. The van der Waals surface area contributed by atoms with Crippen molar-refractivity contribution in [2.75, 3.05) is 0 Å². The van der Waals surface area contributed by atoms with E-state index >= 15 is 0 Å². The highest BCUT2D eigenvalue weighted by atomic mass is 16.4. The van der Waals surface area contributed by atoms with Crippen LogP contribution < -0.4 is 5.32 Å². The Kier molecular flexibility index (Phi) is 3.31. The molecule has 2 N–H and O–H groups in total. The molecular formula is C11H16N4O3. The van der Waals surface area contributed by atoms with Crippen molar-refractivity contribution < 1.29 is 14.7 Å². The van der Waals surface area contributed by atoms with E-state index in [-0.39, 0.29) is 6.04 Å².